The number of piperidine rings is 1. The van der Waals surface area contributed by atoms with E-state index >= 15 is 0 Å². The zero-order valence-electron chi connectivity index (χ0n) is 17.4. The van der Waals surface area contributed by atoms with Crippen molar-refractivity contribution in [2.24, 2.45) is 5.92 Å². The Kier molecular flexibility index (Phi) is 6.96. The lowest BCUT2D eigenvalue weighted by Crippen LogP contribution is -2.40. The highest BCUT2D eigenvalue weighted by molar-refractivity contribution is 7.09. The van der Waals surface area contributed by atoms with Gasteiger partial charge in [-0.05, 0) is 62.4 Å². The molecule has 0 spiro atoms. The number of carbonyl (C=O) groups excluding carboxylic acids is 1. The second-order valence-corrected chi connectivity index (χ2v) is 8.71. The van der Waals surface area contributed by atoms with Crippen molar-refractivity contribution >= 4 is 28.6 Å². The molecular formula is C22H29N5O2S. The summed E-state index contributed by atoms with van der Waals surface area (Å²) in [6.07, 6.45) is 4.80. The van der Waals surface area contributed by atoms with Crippen LogP contribution in [0.15, 0.2) is 35.8 Å². The Morgan fingerprint density at radius 1 is 1.30 bits per heavy atom. The Morgan fingerprint density at radius 2 is 2.17 bits per heavy atom. The first-order valence-electron chi connectivity index (χ1n) is 10.7. The summed E-state index contributed by atoms with van der Waals surface area (Å²) >= 11 is 1.78. The third-order valence-corrected chi connectivity index (χ3v) is 6.49. The molecule has 1 fully saturated rings. The number of amides is 1. The van der Waals surface area contributed by atoms with Crippen LogP contribution in [0.3, 0.4) is 0 Å². The van der Waals surface area contributed by atoms with E-state index in [1.54, 1.807) is 11.3 Å². The molecule has 1 aliphatic heterocycles. The predicted molar refractivity (Wildman–Crippen MR) is 119 cm³/mol. The minimum absolute atomic E-state index is 0.328. The standard InChI is InChI=1S/C22H29N5O2S/c1-2-29-22(28)24-10-13-26-11-7-17(8-12-26)15-20-25-19-6-3-9-23-21(19)27(20)16-18-5-4-14-30-18/h3-6,9,14,17H,2,7-8,10-13,15-16H2,1H3,(H,24,28). The smallest absolute Gasteiger partial charge is 0.407 e. The van der Waals surface area contributed by atoms with Crippen LogP contribution in [0.2, 0.25) is 0 Å². The van der Waals surface area contributed by atoms with E-state index in [9.17, 15) is 4.79 Å². The number of imidazole rings is 1. The number of carbonyl (C=O) groups is 1. The number of nitrogens with one attached hydrogen (secondary N) is 1. The van der Waals surface area contributed by atoms with Gasteiger partial charge in [0.05, 0.1) is 13.2 Å². The largest absolute Gasteiger partial charge is 0.450 e. The molecule has 0 aliphatic carbocycles. The molecule has 160 valence electrons. The van der Waals surface area contributed by atoms with Crippen molar-refractivity contribution in [2.75, 3.05) is 32.8 Å². The number of hydrogen-bond donors (Lipinski definition) is 1. The molecule has 30 heavy (non-hydrogen) atoms. The highest BCUT2D eigenvalue weighted by Crippen LogP contribution is 2.25. The highest BCUT2D eigenvalue weighted by Gasteiger charge is 2.22. The molecule has 1 saturated heterocycles. The maximum Gasteiger partial charge on any atom is 0.407 e. The second kappa shape index (κ2) is 10.0. The minimum atomic E-state index is -0.328. The molecule has 8 heteroatoms. The SMILES string of the molecule is CCOC(=O)NCCN1CCC(Cc2nc3cccnc3n2Cc2cccs2)CC1. The minimum Gasteiger partial charge on any atom is -0.450 e. The van der Waals surface area contributed by atoms with Crippen molar-refractivity contribution < 1.29 is 9.53 Å². The first-order valence-corrected chi connectivity index (χ1v) is 11.6. The van der Waals surface area contributed by atoms with E-state index in [4.69, 9.17) is 9.72 Å². The number of nitrogens with zero attached hydrogens (tertiary/aromatic N) is 4. The molecule has 1 aliphatic rings. The summed E-state index contributed by atoms with van der Waals surface area (Å²) in [4.78, 5) is 24.7. The van der Waals surface area contributed by atoms with Crippen molar-refractivity contribution in [1.82, 2.24) is 24.8 Å². The van der Waals surface area contributed by atoms with Gasteiger partial charge in [-0.25, -0.2) is 14.8 Å². The lowest BCUT2D eigenvalue weighted by atomic mass is 9.93. The third-order valence-electron chi connectivity index (χ3n) is 5.63. The summed E-state index contributed by atoms with van der Waals surface area (Å²) in [7, 11) is 0. The van der Waals surface area contributed by atoms with E-state index in [1.165, 1.54) is 4.88 Å². The summed E-state index contributed by atoms with van der Waals surface area (Å²) < 4.78 is 7.19. The van der Waals surface area contributed by atoms with E-state index in [0.717, 1.165) is 62.4 Å². The van der Waals surface area contributed by atoms with E-state index in [2.05, 4.69) is 43.3 Å². The number of likely N-dealkylation sites (tertiary alicyclic amines) is 1. The van der Waals surface area contributed by atoms with Gasteiger partial charge in [0.25, 0.3) is 0 Å². The van der Waals surface area contributed by atoms with E-state index < -0.39 is 0 Å². The Morgan fingerprint density at radius 3 is 2.93 bits per heavy atom. The van der Waals surface area contributed by atoms with E-state index in [1.807, 2.05) is 19.2 Å². The molecule has 3 aromatic heterocycles. The van der Waals surface area contributed by atoms with Crippen molar-refractivity contribution in [3.63, 3.8) is 0 Å². The Bertz CT molecular complexity index is 948. The summed E-state index contributed by atoms with van der Waals surface area (Å²) in [6, 6.07) is 8.28. The van der Waals surface area contributed by atoms with Crippen LogP contribution in [0.4, 0.5) is 4.79 Å². The number of aromatic nitrogens is 3. The van der Waals surface area contributed by atoms with Crippen LogP contribution < -0.4 is 5.32 Å². The highest BCUT2D eigenvalue weighted by atomic mass is 32.1. The molecule has 1 amide bonds. The molecule has 0 unspecified atom stereocenters. The third kappa shape index (κ3) is 5.17. The van der Waals surface area contributed by atoms with Gasteiger partial charge in [-0.1, -0.05) is 6.07 Å². The Labute approximate surface area is 181 Å². The van der Waals surface area contributed by atoms with Crippen LogP contribution in [0.5, 0.6) is 0 Å². The maximum absolute atomic E-state index is 11.4. The molecule has 1 N–H and O–H groups in total. The fourth-order valence-corrected chi connectivity index (χ4v) is 4.75. The topological polar surface area (TPSA) is 72.3 Å². The second-order valence-electron chi connectivity index (χ2n) is 7.68. The Hall–Kier alpha value is -2.45. The zero-order valence-corrected chi connectivity index (χ0v) is 18.2. The fourth-order valence-electron chi connectivity index (χ4n) is 4.06. The van der Waals surface area contributed by atoms with Gasteiger partial charge in [-0.15, -0.1) is 11.3 Å². The molecule has 0 aromatic carbocycles. The number of hydrogen-bond acceptors (Lipinski definition) is 6. The van der Waals surface area contributed by atoms with Crippen molar-refractivity contribution in [2.45, 2.75) is 32.7 Å². The molecular weight excluding hydrogens is 398 g/mol. The molecule has 0 radical (unpaired) electrons. The lowest BCUT2D eigenvalue weighted by Gasteiger charge is -2.31. The summed E-state index contributed by atoms with van der Waals surface area (Å²) in [5.41, 5.74) is 1.95. The summed E-state index contributed by atoms with van der Waals surface area (Å²) in [6.45, 7) is 6.66. The van der Waals surface area contributed by atoms with Gasteiger partial charge in [0, 0.05) is 30.6 Å². The van der Waals surface area contributed by atoms with Crippen LogP contribution in [-0.2, 0) is 17.7 Å². The van der Waals surface area contributed by atoms with E-state index in [-0.39, 0.29) is 6.09 Å². The molecule has 3 aromatic rings. The number of alkyl carbamates (subject to hydrolysis) is 1. The first-order chi connectivity index (χ1) is 14.7. The monoisotopic (exact) mass is 427 g/mol. The Balaban J connectivity index is 1.34. The summed E-state index contributed by atoms with van der Waals surface area (Å²) in [5.74, 6) is 1.76. The molecule has 4 rings (SSSR count). The molecule has 0 bridgehead atoms. The van der Waals surface area contributed by atoms with Crippen molar-refractivity contribution in [3.8, 4) is 0 Å². The van der Waals surface area contributed by atoms with Gasteiger partial charge in [0.2, 0.25) is 0 Å². The quantitative estimate of drug-likeness (QED) is 0.595. The summed E-state index contributed by atoms with van der Waals surface area (Å²) in [5, 5.41) is 4.92. The van der Waals surface area contributed by atoms with Crippen LogP contribution in [0, 0.1) is 5.92 Å². The molecule has 4 heterocycles. The number of thiophene rings is 1. The molecule has 0 atom stereocenters. The number of pyridine rings is 1. The van der Waals surface area contributed by atoms with Crippen LogP contribution in [0.1, 0.15) is 30.5 Å². The van der Waals surface area contributed by atoms with Gasteiger partial charge in [-0.3, -0.25) is 0 Å². The average molecular weight is 428 g/mol. The predicted octanol–water partition coefficient (Wildman–Crippen LogP) is 3.54. The van der Waals surface area contributed by atoms with Gasteiger partial charge in [0.1, 0.15) is 11.3 Å². The lowest BCUT2D eigenvalue weighted by molar-refractivity contribution is 0.146. The number of fused-ring (bicyclic) bond motifs is 1. The van der Waals surface area contributed by atoms with Gasteiger partial charge in [0.15, 0.2) is 5.65 Å². The fraction of sp³-hybridized carbons (Fsp3) is 0.500. The molecule has 7 nitrogen and oxygen atoms in total. The number of ether oxygens (including phenoxy) is 1. The van der Waals surface area contributed by atoms with Crippen LogP contribution in [-0.4, -0.2) is 58.3 Å². The van der Waals surface area contributed by atoms with E-state index in [0.29, 0.717) is 19.1 Å². The van der Waals surface area contributed by atoms with Crippen LogP contribution >= 0.6 is 11.3 Å². The van der Waals surface area contributed by atoms with Crippen molar-refractivity contribution in [3.05, 3.63) is 46.5 Å². The van der Waals surface area contributed by atoms with Gasteiger partial charge in [-0.2, -0.15) is 0 Å². The van der Waals surface area contributed by atoms with Gasteiger partial charge < -0.3 is 19.5 Å². The van der Waals surface area contributed by atoms with Crippen LogP contribution in [0.25, 0.3) is 11.2 Å². The maximum atomic E-state index is 11.4. The zero-order chi connectivity index (χ0) is 20.8. The van der Waals surface area contributed by atoms with Gasteiger partial charge >= 0.3 is 6.09 Å². The normalized spacial score (nSPS) is 15.5. The first kappa shape index (κ1) is 20.8. The number of rotatable bonds is 8. The average Bonchev–Trinajstić information content (AvgIpc) is 3.38. The molecule has 0 saturated carbocycles. The van der Waals surface area contributed by atoms with Crippen molar-refractivity contribution in [1.29, 1.82) is 0 Å².